The lowest BCUT2D eigenvalue weighted by Gasteiger charge is -2.17. The molecule has 27 heavy (non-hydrogen) atoms. The smallest absolute Gasteiger partial charge is 0.326 e. The molecule has 0 aliphatic rings. The van der Waals surface area contributed by atoms with Gasteiger partial charge in [-0.15, -0.1) is 6.58 Å². The molecular formula is C21H20N2O4. The second kappa shape index (κ2) is 7.86. The first-order chi connectivity index (χ1) is 13.0. The third-order valence-electron chi connectivity index (χ3n) is 4.26. The summed E-state index contributed by atoms with van der Waals surface area (Å²) in [6.45, 7) is 5.22. The van der Waals surface area contributed by atoms with Crippen molar-refractivity contribution < 1.29 is 14.3 Å². The molecule has 1 aromatic heterocycles. The monoisotopic (exact) mass is 364 g/mol. The van der Waals surface area contributed by atoms with Crippen molar-refractivity contribution in [2.24, 2.45) is 0 Å². The maximum Gasteiger partial charge on any atom is 0.326 e. The van der Waals surface area contributed by atoms with Crippen LogP contribution in [-0.2, 0) is 20.9 Å². The molecule has 0 radical (unpaired) electrons. The summed E-state index contributed by atoms with van der Waals surface area (Å²) in [6, 6.07) is 14.2. The topological polar surface area (TPSA) is 77.4 Å². The van der Waals surface area contributed by atoms with Crippen molar-refractivity contribution in [1.29, 1.82) is 0 Å². The van der Waals surface area contributed by atoms with Crippen molar-refractivity contribution in [1.82, 2.24) is 9.88 Å². The molecule has 0 bridgehead atoms. The highest BCUT2D eigenvalue weighted by Crippen LogP contribution is 2.19. The van der Waals surface area contributed by atoms with Gasteiger partial charge < -0.3 is 14.6 Å². The molecule has 2 aromatic carbocycles. The van der Waals surface area contributed by atoms with E-state index in [0.717, 1.165) is 0 Å². The van der Waals surface area contributed by atoms with Gasteiger partial charge in [-0.25, -0.2) is 0 Å². The Morgan fingerprint density at radius 1 is 1.11 bits per heavy atom. The molecule has 138 valence electrons. The molecule has 0 spiro atoms. The number of hydrogen-bond acceptors (Lipinski definition) is 4. The predicted octanol–water partition coefficient (Wildman–Crippen LogP) is 2.39. The fourth-order valence-corrected chi connectivity index (χ4v) is 2.98. The van der Waals surface area contributed by atoms with Crippen LogP contribution in [-0.4, -0.2) is 29.1 Å². The predicted molar refractivity (Wildman–Crippen MR) is 104 cm³/mol. The fraction of sp³-hybridized carbons (Fsp3) is 0.190. The molecule has 1 unspecified atom stereocenters. The summed E-state index contributed by atoms with van der Waals surface area (Å²) in [6.07, 6.45) is 0.625. The van der Waals surface area contributed by atoms with Gasteiger partial charge in [0.2, 0.25) is 0 Å². The van der Waals surface area contributed by atoms with E-state index in [9.17, 15) is 14.4 Å². The molecule has 0 saturated carbocycles. The highest BCUT2D eigenvalue weighted by atomic mass is 16.5. The molecule has 6 heteroatoms. The quantitative estimate of drug-likeness (QED) is 0.414. The molecule has 1 N–H and O–H groups in total. The van der Waals surface area contributed by atoms with E-state index in [1.165, 1.54) is 6.92 Å². The lowest BCUT2D eigenvalue weighted by Crippen LogP contribution is -2.36. The minimum Gasteiger partial charge on any atom is -0.451 e. The normalized spacial score (nSPS) is 11.9. The molecule has 1 atom stereocenters. The lowest BCUT2D eigenvalue weighted by atomic mass is 10.1. The van der Waals surface area contributed by atoms with E-state index in [1.807, 2.05) is 12.1 Å². The summed E-state index contributed by atoms with van der Waals surface area (Å²) in [7, 11) is 0. The number of aromatic nitrogens is 1. The maximum atomic E-state index is 12.7. The number of nitrogens with one attached hydrogen (secondary N) is 1. The van der Waals surface area contributed by atoms with Gasteiger partial charge in [0, 0.05) is 17.3 Å². The van der Waals surface area contributed by atoms with Crippen molar-refractivity contribution in [3.05, 3.63) is 71.4 Å². The van der Waals surface area contributed by atoms with Crippen LogP contribution in [0.15, 0.2) is 66.0 Å². The standard InChI is InChI=1S/C21H20N2O4/c1-3-12-22-21(26)14(2)27-19(24)13-23-17-10-6-4-8-15(17)20(25)16-9-5-7-11-18(16)23/h3-11,14H,1,12-13H2,2H3,(H,22,26). The molecule has 0 aliphatic heterocycles. The zero-order valence-corrected chi connectivity index (χ0v) is 15.0. The zero-order chi connectivity index (χ0) is 19.4. The average molecular weight is 364 g/mol. The first-order valence-electron chi connectivity index (χ1n) is 8.61. The zero-order valence-electron chi connectivity index (χ0n) is 15.0. The fourth-order valence-electron chi connectivity index (χ4n) is 2.98. The van der Waals surface area contributed by atoms with Gasteiger partial charge in [0.1, 0.15) is 6.54 Å². The van der Waals surface area contributed by atoms with Gasteiger partial charge in [0.15, 0.2) is 11.5 Å². The number of carbonyl (C=O) groups excluding carboxylic acids is 2. The van der Waals surface area contributed by atoms with Crippen LogP contribution in [0.4, 0.5) is 0 Å². The van der Waals surface area contributed by atoms with Crippen LogP contribution < -0.4 is 10.7 Å². The largest absolute Gasteiger partial charge is 0.451 e. The molecule has 1 heterocycles. The first-order valence-corrected chi connectivity index (χ1v) is 8.61. The van der Waals surface area contributed by atoms with Crippen molar-refractivity contribution in [2.75, 3.05) is 6.54 Å². The number of esters is 1. The van der Waals surface area contributed by atoms with Gasteiger partial charge in [-0.2, -0.15) is 0 Å². The number of para-hydroxylation sites is 2. The summed E-state index contributed by atoms with van der Waals surface area (Å²) < 4.78 is 7.00. The van der Waals surface area contributed by atoms with Crippen molar-refractivity contribution >= 4 is 33.7 Å². The van der Waals surface area contributed by atoms with Gasteiger partial charge in [0.25, 0.3) is 5.91 Å². The third kappa shape index (κ3) is 3.74. The number of ether oxygens (including phenoxy) is 1. The minimum atomic E-state index is -0.922. The Hall–Kier alpha value is -3.41. The van der Waals surface area contributed by atoms with Crippen LogP contribution in [0.5, 0.6) is 0 Å². The molecule has 3 aromatic rings. The first kappa shape index (κ1) is 18.4. The Kier molecular flexibility index (Phi) is 5.35. The van der Waals surface area contributed by atoms with Crippen LogP contribution >= 0.6 is 0 Å². The van der Waals surface area contributed by atoms with Gasteiger partial charge in [-0.1, -0.05) is 30.3 Å². The van der Waals surface area contributed by atoms with Crippen LogP contribution in [0.25, 0.3) is 21.8 Å². The molecule has 3 rings (SSSR count). The SMILES string of the molecule is C=CCNC(=O)C(C)OC(=O)Cn1c2ccccc2c(=O)c2ccccc21. The Balaban J connectivity index is 1.95. The summed E-state index contributed by atoms with van der Waals surface area (Å²) in [5.74, 6) is -0.951. The summed E-state index contributed by atoms with van der Waals surface area (Å²) >= 11 is 0. The Morgan fingerprint density at radius 3 is 2.22 bits per heavy atom. The summed E-state index contributed by atoms with van der Waals surface area (Å²) in [4.78, 5) is 37.0. The second-order valence-electron chi connectivity index (χ2n) is 6.12. The van der Waals surface area contributed by atoms with Crippen molar-refractivity contribution in [3.8, 4) is 0 Å². The number of benzene rings is 2. The third-order valence-corrected chi connectivity index (χ3v) is 4.26. The summed E-state index contributed by atoms with van der Waals surface area (Å²) in [5.41, 5.74) is 1.20. The van der Waals surface area contributed by atoms with Crippen LogP contribution in [0.1, 0.15) is 6.92 Å². The number of nitrogens with zero attached hydrogens (tertiary/aromatic N) is 1. The van der Waals surface area contributed by atoms with Crippen LogP contribution in [0.3, 0.4) is 0 Å². The van der Waals surface area contributed by atoms with E-state index in [2.05, 4.69) is 11.9 Å². The van der Waals surface area contributed by atoms with Gasteiger partial charge >= 0.3 is 5.97 Å². The Bertz CT molecular complexity index is 1020. The van der Waals surface area contributed by atoms with Gasteiger partial charge in [-0.3, -0.25) is 14.4 Å². The van der Waals surface area contributed by atoms with E-state index in [1.54, 1.807) is 47.0 Å². The van der Waals surface area contributed by atoms with Gasteiger partial charge in [-0.05, 0) is 31.2 Å². The van der Waals surface area contributed by atoms with E-state index >= 15 is 0 Å². The van der Waals surface area contributed by atoms with E-state index in [0.29, 0.717) is 28.4 Å². The number of amides is 1. The number of hydrogen-bond donors (Lipinski definition) is 1. The van der Waals surface area contributed by atoms with Gasteiger partial charge in [0.05, 0.1) is 11.0 Å². The minimum absolute atomic E-state index is 0.0806. The van der Waals surface area contributed by atoms with Crippen molar-refractivity contribution in [2.45, 2.75) is 19.6 Å². The molecule has 1 amide bonds. The van der Waals surface area contributed by atoms with Crippen molar-refractivity contribution in [3.63, 3.8) is 0 Å². The molecule has 6 nitrogen and oxygen atoms in total. The van der Waals surface area contributed by atoms with E-state index in [-0.39, 0.29) is 12.0 Å². The lowest BCUT2D eigenvalue weighted by molar-refractivity contribution is -0.155. The van der Waals surface area contributed by atoms with Crippen LogP contribution in [0.2, 0.25) is 0 Å². The molecule has 0 saturated heterocycles. The van der Waals surface area contributed by atoms with E-state index in [4.69, 9.17) is 4.74 Å². The highest BCUT2D eigenvalue weighted by molar-refractivity contribution is 5.94. The Labute approximate surface area is 156 Å². The van der Waals surface area contributed by atoms with E-state index < -0.39 is 18.0 Å². The summed E-state index contributed by atoms with van der Waals surface area (Å²) in [5, 5.41) is 3.64. The van der Waals surface area contributed by atoms with Crippen LogP contribution in [0, 0.1) is 0 Å². The number of carbonyl (C=O) groups is 2. The maximum absolute atomic E-state index is 12.7. The molecule has 0 aliphatic carbocycles. The second-order valence-corrected chi connectivity index (χ2v) is 6.12. The average Bonchev–Trinajstić information content (AvgIpc) is 2.69. The number of rotatable bonds is 6. The Morgan fingerprint density at radius 2 is 1.67 bits per heavy atom. The number of pyridine rings is 1. The highest BCUT2D eigenvalue weighted by Gasteiger charge is 2.19. The molecule has 0 fully saturated rings. The molecular weight excluding hydrogens is 344 g/mol. The number of fused-ring (bicyclic) bond motifs is 2.